The van der Waals surface area contributed by atoms with Crippen molar-refractivity contribution in [2.45, 2.75) is 13.2 Å². The van der Waals surface area contributed by atoms with Crippen LogP contribution >= 0.6 is 15.9 Å². The van der Waals surface area contributed by atoms with Gasteiger partial charge in [0, 0.05) is 24.3 Å². The van der Waals surface area contributed by atoms with Crippen molar-refractivity contribution in [1.29, 1.82) is 0 Å². The predicted molar refractivity (Wildman–Crippen MR) is 80.8 cm³/mol. The first kappa shape index (κ1) is 13.8. The Morgan fingerprint density at radius 2 is 2.11 bits per heavy atom. The second kappa shape index (κ2) is 6.54. The quantitative estimate of drug-likeness (QED) is 0.887. The molecule has 0 unspecified atom stereocenters. The van der Waals surface area contributed by atoms with Gasteiger partial charge in [0.15, 0.2) is 0 Å². The number of ether oxygens (including phenoxy) is 1. The second-order valence-electron chi connectivity index (χ2n) is 4.20. The molecule has 1 aromatic heterocycles. The van der Waals surface area contributed by atoms with Gasteiger partial charge in [-0.1, -0.05) is 24.3 Å². The van der Waals surface area contributed by atoms with Crippen LogP contribution in [0.2, 0.25) is 0 Å². The van der Waals surface area contributed by atoms with E-state index in [2.05, 4.69) is 38.4 Å². The molecule has 0 aliphatic carbocycles. The summed E-state index contributed by atoms with van der Waals surface area (Å²) in [6.07, 6.45) is 1.72. The standard InChI is InChI=1S/C14H16BrN3O/c1-19-9-11-4-2-3-10(5-11)7-17-14-13(16)6-12(15)8-18-14/h2-6,8H,7,9,16H2,1H3,(H,17,18). The van der Waals surface area contributed by atoms with E-state index in [1.165, 1.54) is 5.56 Å². The highest BCUT2D eigenvalue weighted by Crippen LogP contribution is 2.20. The van der Waals surface area contributed by atoms with Crippen molar-refractivity contribution in [2.75, 3.05) is 18.2 Å². The smallest absolute Gasteiger partial charge is 0.149 e. The second-order valence-corrected chi connectivity index (χ2v) is 5.11. The number of hydrogen-bond donors (Lipinski definition) is 2. The van der Waals surface area contributed by atoms with Crippen molar-refractivity contribution in [1.82, 2.24) is 4.98 Å². The molecule has 0 saturated carbocycles. The van der Waals surface area contributed by atoms with Crippen LogP contribution < -0.4 is 11.1 Å². The van der Waals surface area contributed by atoms with Gasteiger partial charge in [-0.25, -0.2) is 4.98 Å². The van der Waals surface area contributed by atoms with E-state index in [0.29, 0.717) is 24.7 Å². The summed E-state index contributed by atoms with van der Waals surface area (Å²) in [7, 11) is 1.69. The van der Waals surface area contributed by atoms with E-state index in [1.54, 1.807) is 13.3 Å². The summed E-state index contributed by atoms with van der Waals surface area (Å²) in [4.78, 5) is 4.24. The molecule has 0 aliphatic rings. The Hall–Kier alpha value is -1.59. The van der Waals surface area contributed by atoms with Crippen LogP contribution in [0.25, 0.3) is 0 Å². The third-order valence-corrected chi connectivity index (χ3v) is 3.08. The summed E-state index contributed by atoms with van der Waals surface area (Å²) >= 11 is 3.33. The molecule has 0 aliphatic heterocycles. The molecule has 19 heavy (non-hydrogen) atoms. The molecule has 0 atom stereocenters. The van der Waals surface area contributed by atoms with Crippen molar-refractivity contribution in [3.63, 3.8) is 0 Å². The number of aromatic nitrogens is 1. The Bertz CT molecular complexity index is 560. The average Bonchev–Trinajstić information content (AvgIpc) is 2.38. The number of nitrogens with zero attached hydrogens (tertiary/aromatic N) is 1. The molecule has 5 heteroatoms. The van der Waals surface area contributed by atoms with Gasteiger partial charge in [-0.15, -0.1) is 0 Å². The van der Waals surface area contributed by atoms with E-state index in [4.69, 9.17) is 10.5 Å². The third kappa shape index (κ3) is 3.94. The van der Waals surface area contributed by atoms with Gasteiger partial charge in [-0.05, 0) is 33.1 Å². The van der Waals surface area contributed by atoms with Crippen molar-refractivity contribution in [3.05, 3.63) is 52.1 Å². The fourth-order valence-corrected chi connectivity index (χ4v) is 2.13. The van der Waals surface area contributed by atoms with Gasteiger partial charge in [0.25, 0.3) is 0 Å². The molecule has 100 valence electrons. The molecule has 1 heterocycles. The SMILES string of the molecule is COCc1cccc(CNc2ncc(Br)cc2N)c1. The molecule has 0 fully saturated rings. The molecule has 1 aromatic carbocycles. The molecule has 4 nitrogen and oxygen atoms in total. The lowest BCUT2D eigenvalue weighted by molar-refractivity contribution is 0.185. The molecule has 0 radical (unpaired) electrons. The highest BCUT2D eigenvalue weighted by Gasteiger charge is 2.02. The summed E-state index contributed by atoms with van der Waals surface area (Å²) < 4.78 is 5.99. The topological polar surface area (TPSA) is 60.2 Å². The molecule has 0 spiro atoms. The van der Waals surface area contributed by atoms with Crippen molar-refractivity contribution in [2.24, 2.45) is 0 Å². The first-order valence-corrected chi connectivity index (χ1v) is 6.70. The number of nitrogens with two attached hydrogens (primary N) is 1. The maximum absolute atomic E-state index is 5.89. The number of hydrogen-bond acceptors (Lipinski definition) is 4. The third-order valence-electron chi connectivity index (χ3n) is 2.65. The van der Waals surface area contributed by atoms with Gasteiger partial charge in [-0.3, -0.25) is 0 Å². The highest BCUT2D eigenvalue weighted by atomic mass is 79.9. The maximum atomic E-state index is 5.89. The van der Waals surface area contributed by atoms with Crippen LogP contribution in [0, 0.1) is 0 Å². The van der Waals surface area contributed by atoms with E-state index < -0.39 is 0 Å². The minimum absolute atomic E-state index is 0.618. The molecular formula is C14H16BrN3O. The van der Waals surface area contributed by atoms with E-state index in [0.717, 1.165) is 10.0 Å². The first-order chi connectivity index (χ1) is 9.19. The van der Waals surface area contributed by atoms with Crippen LogP contribution in [0.5, 0.6) is 0 Å². The van der Waals surface area contributed by atoms with Crippen LogP contribution in [0.15, 0.2) is 41.0 Å². The summed E-state index contributed by atoms with van der Waals surface area (Å²) in [5.41, 5.74) is 8.83. The van der Waals surface area contributed by atoms with E-state index in [9.17, 15) is 0 Å². The van der Waals surface area contributed by atoms with Crippen LogP contribution in [0.1, 0.15) is 11.1 Å². The summed E-state index contributed by atoms with van der Waals surface area (Å²) in [5.74, 6) is 0.695. The lowest BCUT2D eigenvalue weighted by Gasteiger charge is -2.09. The van der Waals surface area contributed by atoms with Gasteiger partial charge in [0.1, 0.15) is 5.82 Å². The Balaban J connectivity index is 2.03. The largest absolute Gasteiger partial charge is 0.396 e. The number of rotatable bonds is 5. The summed E-state index contributed by atoms with van der Waals surface area (Å²) in [6.45, 7) is 1.29. The molecule has 3 N–H and O–H groups in total. The summed E-state index contributed by atoms with van der Waals surface area (Å²) in [5, 5.41) is 3.23. The fourth-order valence-electron chi connectivity index (χ4n) is 1.78. The molecule has 2 rings (SSSR count). The monoisotopic (exact) mass is 321 g/mol. The van der Waals surface area contributed by atoms with E-state index >= 15 is 0 Å². The zero-order chi connectivity index (χ0) is 13.7. The number of anilines is 2. The fraction of sp³-hybridized carbons (Fsp3) is 0.214. The summed E-state index contributed by atoms with van der Waals surface area (Å²) in [6, 6.07) is 10.0. The van der Waals surface area contributed by atoms with Crippen LogP contribution in [0.4, 0.5) is 11.5 Å². The Kier molecular flexibility index (Phi) is 4.76. The zero-order valence-corrected chi connectivity index (χ0v) is 12.3. The normalized spacial score (nSPS) is 10.4. The van der Waals surface area contributed by atoms with E-state index in [-0.39, 0.29) is 0 Å². The molecular weight excluding hydrogens is 306 g/mol. The average molecular weight is 322 g/mol. The minimum atomic E-state index is 0.618. The molecule has 2 aromatic rings. The maximum Gasteiger partial charge on any atom is 0.149 e. The Labute approximate surface area is 121 Å². The van der Waals surface area contributed by atoms with Crippen LogP contribution in [-0.4, -0.2) is 12.1 Å². The van der Waals surface area contributed by atoms with Crippen molar-refractivity contribution >= 4 is 27.4 Å². The highest BCUT2D eigenvalue weighted by molar-refractivity contribution is 9.10. The Morgan fingerprint density at radius 3 is 2.84 bits per heavy atom. The van der Waals surface area contributed by atoms with Crippen molar-refractivity contribution < 1.29 is 4.74 Å². The van der Waals surface area contributed by atoms with Crippen LogP contribution in [0.3, 0.4) is 0 Å². The number of halogens is 1. The number of methoxy groups -OCH3 is 1. The number of benzene rings is 1. The lowest BCUT2D eigenvalue weighted by Crippen LogP contribution is -2.05. The molecule has 0 amide bonds. The lowest BCUT2D eigenvalue weighted by atomic mass is 10.1. The van der Waals surface area contributed by atoms with Crippen LogP contribution in [-0.2, 0) is 17.9 Å². The van der Waals surface area contributed by atoms with Crippen molar-refractivity contribution in [3.8, 4) is 0 Å². The van der Waals surface area contributed by atoms with Gasteiger partial charge < -0.3 is 15.8 Å². The number of pyridine rings is 1. The van der Waals surface area contributed by atoms with Gasteiger partial charge >= 0.3 is 0 Å². The predicted octanol–water partition coefficient (Wildman–Crippen LogP) is 3.18. The Morgan fingerprint density at radius 1 is 1.32 bits per heavy atom. The van der Waals surface area contributed by atoms with Gasteiger partial charge in [-0.2, -0.15) is 0 Å². The minimum Gasteiger partial charge on any atom is -0.396 e. The molecule has 0 bridgehead atoms. The molecule has 0 saturated heterocycles. The van der Waals surface area contributed by atoms with E-state index in [1.807, 2.05) is 18.2 Å². The van der Waals surface area contributed by atoms with Gasteiger partial charge in [0.05, 0.1) is 12.3 Å². The zero-order valence-electron chi connectivity index (χ0n) is 10.7. The first-order valence-electron chi connectivity index (χ1n) is 5.90. The van der Waals surface area contributed by atoms with Gasteiger partial charge in [0.2, 0.25) is 0 Å². The number of nitrogen functional groups attached to an aromatic ring is 1. The number of nitrogens with one attached hydrogen (secondary N) is 1.